The predicted octanol–water partition coefficient (Wildman–Crippen LogP) is 1.02. The van der Waals surface area contributed by atoms with Crippen molar-refractivity contribution in [3.8, 4) is 0 Å². The molecule has 0 aromatic carbocycles. The predicted molar refractivity (Wildman–Crippen MR) is 51.5 cm³/mol. The van der Waals surface area contributed by atoms with Gasteiger partial charge in [-0.25, -0.2) is 4.98 Å². The first-order valence-electron chi connectivity index (χ1n) is 3.84. The summed E-state index contributed by atoms with van der Waals surface area (Å²) in [5.74, 6) is -0.119. The molecule has 1 aromatic rings. The summed E-state index contributed by atoms with van der Waals surface area (Å²) in [4.78, 5) is 14.9. The van der Waals surface area contributed by atoms with Gasteiger partial charge < -0.3 is 11.1 Å². The average Bonchev–Trinajstić information content (AvgIpc) is 2.09. The number of anilines is 1. The van der Waals surface area contributed by atoms with Crippen LogP contribution >= 0.6 is 11.6 Å². The van der Waals surface area contributed by atoms with E-state index in [4.69, 9.17) is 17.3 Å². The largest absolute Gasteiger partial charge is 0.330 e. The van der Waals surface area contributed by atoms with Crippen molar-refractivity contribution in [2.24, 2.45) is 5.73 Å². The summed E-state index contributed by atoms with van der Waals surface area (Å²) >= 11 is 5.57. The van der Waals surface area contributed by atoms with E-state index in [1.165, 1.54) is 6.20 Å². The van der Waals surface area contributed by atoms with Gasteiger partial charge in [0.05, 0.1) is 11.9 Å². The first-order valence-corrected chi connectivity index (χ1v) is 4.21. The molecule has 0 aliphatic heterocycles. The zero-order valence-electron chi connectivity index (χ0n) is 6.96. The molecule has 13 heavy (non-hydrogen) atoms. The van der Waals surface area contributed by atoms with Gasteiger partial charge in [0, 0.05) is 13.0 Å². The van der Waals surface area contributed by atoms with Crippen molar-refractivity contribution in [3.05, 3.63) is 23.5 Å². The van der Waals surface area contributed by atoms with Gasteiger partial charge in [0.25, 0.3) is 0 Å². The van der Waals surface area contributed by atoms with Crippen molar-refractivity contribution < 1.29 is 4.79 Å². The number of hydrogen-bond acceptors (Lipinski definition) is 3. The Kier molecular flexibility index (Phi) is 3.67. The van der Waals surface area contributed by atoms with Gasteiger partial charge in [-0.3, -0.25) is 4.79 Å². The minimum atomic E-state index is -0.119. The Morgan fingerprint density at radius 2 is 2.38 bits per heavy atom. The number of carbonyl (C=O) groups is 1. The van der Waals surface area contributed by atoms with Crippen LogP contribution in [-0.4, -0.2) is 17.4 Å². The third-order valence-corrected chi connectivity index (χ3v) is 1.61. The second-order valence-corrected chi connectivity index (χ2v) is 2.84. The summed E-state index contributed by atoms with van der Waals surface area (Å²) in [7, 11) is 0. The van der Waals surface area contributed by atoms with Crippen LogP contribution in [0.3, 0.4) is 0 Å². The van der Waals surface area contributed by atoms with Crippen molar-refractivity contribution in [2.45, 2.75) is 6.42 Å². The zero-order chi connectivity index (χ0) is 9.68. The smallest absolute Gasteiger partial charge is 0.225 e. The van der Waals surface area contributed by atoms with E-state index in [9.17, 15) is 4.79 Å². The quantitative estimate of drug-likeness (QED) is 0.715. The molecule has 70 valence electrons. The minimum absolute atomic E-state index is 0.119. The van der Waals surface area contributed by atoms with Crippen LogP contribution in [0.1, 0.15) is 6.42 Å². The number of halogens is 1. The highest BCUT2D eigenvalue weighted by Gasteiger charge is 2.00. The molecular weight excluding hydrogens is 190 g/mol. The van der Waals surface area contributed by atoms with E-state index in [1.54, 1.807) is 12.1 Å². The highest BCUT2D eigenvalue weighted by molar-refractivity contribution is 6.29. The normalized spacial score (nSPS) is 9.69. The van der Waals surface area contributed by atoms with E-state index < -0.39 is 0 Å². The number of nitrogens with zero attached hydrogens (tertiary/aromatic N) is 1. The molecule has 1 amide bonds. The first-order chi connectivity index (χ1) is 6.22. The summed E-state index contributed by atoms with van der Waals surface area (Å²) in [5.41, 5.74) is 5.84. The molecule has 0 aliphatic carbocycles. The van der Waals surface area contributed by atoms with Crippen LogP contribution in [-0.2, 0) is 4.79 Å². The van der Waals surface area contributed by atoms with E-state index >= 15 is 0 Å². The SMILES string of the molecule is NCCC(=O)Nc1ccc(Cl)nc1. The minimum Gasteiger partial charge on any atom is -0.330 e. The highest BCUT2D eigenvalue weighted by Crippen LogP contribution is 2.09. The lowest BCUT2D eigenvalue weighted by Crippen LogP contribution is -2.16. The van der Waals surface area contributed by atoms with E-state index in [1.807, 2.05) is 0 Å². The maximum Gasteiger partial charge on any atom is 0.225 e. The number of nitrogens with one attached hydrogen (secondary N) is 1. The Bertz CT molecular complexity index is 286. The molecule has 1 rings (SSSR count). The number of pyridine rings is 1. The molecule has 0 saturated carbocycles. The van der Waals surface area contributed by atoms with Gasteiger partial charge in [-0.2, -0.15) is 0 Å². The van der Waals surface area contributed by atoms with E-state index in [-0.39, 0.29) is 5.91 Å². The average molecular weight is 200 g/mol. The van der Waals surface area contributed by atoms with Crippen LogP contribution in [0.5, 0.6) is 0 Å². The number of hydrogen-bond donors (Lipinski definition) is 2. The summed E-state index contributed by atoms with van der Waals surface area (Å²) in [5, 5.41) is 3.03. The van der Waals surface area contributed by atoms with Crippen LogP contribution in [0.4, 0.5) is 5.69 Å². The molecule has 0 aliphatic rings. The van der Waals surface area contributed by atoms with Crippen molar-refractivity contribution >= 4 is 23.2 Å². The van der Waals surface area contributed by atoms with Crippen molar-refractivity contribution in [2.75, 3.05) is 11.9 Å². The molecule has 0 radical (unpaired) electrons. The van der Waals surface area contributed by atoms with E-state index in [2.05, 4.69) is 10.3 Å². The van der Waals surface area contributed by atoms with Crippen LogP contribution < -0.4 is 11.1 Å². The second kappa shape index (κ2) is 4.79. The van der Waals surface area contributed by atoms with Gasteiger partial charge in [0.15, 0.2) is 0 Å². The Hall–Kier alpha value is -1.13. The highest BCUT2D eigenvalue weighted by atomic mass is 35.5. The molecule has 1 heterocycles. The monoisotopic (exact) mass is 199 g/mol. The molecule has 1 aromatic heterocycles. The standard InChI is InChI=1S/C8H10ClN3O/c9-7-2-1-6(5-11-7)12-8(13)3-4-10/h1-2,5H,3-4,10H2,(H,12,13). The lowest BCUT2D eigenvalue weighted by molar-refractivity contribution is -0.116. The summed E-state index contributed by atoms with van der Waals surface area (Å²) in [6.07, 6.45) is 1.80. The number of carbonyl (C=O) groups excluding carboxylic acids is 1. The Balaban J connectivity index is 2.54. The molecule has 4 nitrogen and oxygen atoms in total. The second-order valence-electron chi connectivity index (χ2n) is 2.46. The van der Waals surface area contributed by atoms with Gasteiger partial charge in [0.2, 0.25) is 5.91 Å². The molecule has 5 heteroatoms. The molecule has 0 atom stereocenters. The number of aromatic nitrogens is 1. The van der Waals surface area contributed by atoms with E-state index in [0.29, 0.717) is 23.8 Å². The third kappa shape index (κ3) is 3.40. The summed E-state index contributed by atoms with van der Waals surface area (Å²) in [6.45, 7) is 0.340. The van der Waals surface area contributed by atoms with Crippen LogP contribution in [0, 0.1) is 0 Å². The molecular formula is C8H10ClN3O. The molecule has 3 N–H and O–H groups in total. The topological polar surface area (TPSA) is 68.0 Å². The fourth-order valence-corrected chi connectivity index (χ4v) is 0.916. The Morgan fingerprint density at radius 3 is 2.92 bits per heavy atom. The van der Waals surface area contributed by atoms with E-state index in [0.717, 1.165) is 0 Å². The van der Waals surface area contributed by atoms with Crippen LogP contribution in [0.25, 0.3) is 0 Å². The number of rotatable bonds is 3. The fraction of sp³-hybridized carbons (Fsp3) is 0.250. The molecule has 0 spiro atoms. The maximum absolute atomic E-state index is 11.0. The zero-order valence-corrected chi connectivity index (χ0v) is 7.71. The van der Waals surface area contributed by atoms with Gasteiger partial charge >= 0.3 is 0 Å². The maximum atomic E-state index is 11.0. The van der Waals surface area contributed by atoms with Crippen LogP contribution in [0.2, 0.25) is 5.15 Å². The fourth-order valence-electron chi connectivity index (χ4n) is 0.804. The van der Waals surface area contributed by atoms with Crippen molar-refractivity contribution in [3.63, 3.8) is 0 Å². The van der Waals surface area contributed by atoms with Gasteiger partial charge in [0.1, 0.15) is 5.15 Å². The van der Waals surface area contributed by atoms with Gasteiger partial charge in [-0.05, 0) is 12.1 Å². The number of amides is 1. The van der Waals surface area contributed by atoms with Crippen molar-refractivity contribution in [1.82, 2.24) is 4.98 Å². The summed E-state index contributed by atoms with van der Waals surface area (Å²) < 4.78 is 0. The van der Waals surface area contributed by atoms with Crippen molar-refractivity contribution in [1.29, 1.82) is 0 Å². The molecule has 0 unspecified atom stereocenters. The lowest BCUT2D eigenvalue weighted by atomic mass is 10.3. The number of nitrogens with two attached hydrogens (primary N) is 1. The Morgan fingerprint density at radius 1 is 1.62 bits per heavy atom. The summed E-state index contributed by atoms with van der Waals surface area (Å²) in [6, 6.07) is 3.30. The van der Waals surface area contributed by atoms with Crippen LogP contribution in [0.15, 0.2) is 18.3 Å². The van der Waals surface area contributed by atoms with Gasteiger partial charge in [-0.15, -0.1) is 0 Å². The lowest BCUT2D eigenvalue weighted by Gasteiger charge is -2.02. The molecule has 0 fully saturated rings. The third-order valence-electron chi connectivity index (χ3n) is 1.38. The Labute approximate surface area is 81.1 Å². The van der Waals surface area contributed by atoms with Gasteiger partial charge in [-0.1, -0.05) is 11.6 Å². The molecule has 0 saturated heterocycles. The first kappa shape index (κ1) is 9.95. The molecule has 0 bridgehead atoms.